The second kappa shape index (κ2) is 6.71. The van der Waals surface area contributed by atoms with Gasteiger partial charge in [-0.1, -0.05) is 27.5 Å². The summed E-state index contributed by atoms with van der Waals surface area (Å²) in [6.07, 6.45) is 0. The topological polar surface area (TPSA) is 113 Å². The molecule has 8 nitrogen and oxygen atoms in total. The van der Waals surface area contributed by atoms with Gasteiger partial charge in [-0.25, -0.2) is 4.79 Å². The van der Waals surface area contributed by atoms with E-state index in [1.54, 1.807) is 6.07 Å². The zero-order chi connectivity index (χ0) is 17.1. The molecule has 2 aromatic rings. The van der Waals surface area contributed by atoms with Gasteiger partial charge in [-0.2, -0.15) is 0 Å². The quantitative estimate of drug-likeness (QED) is 0.329. The van der Waals surface area contributed by atoms with E-state index >= 15 is 0 Å². The molecule has 118 valence electrons. The lowest BCUT2D eigenvalue weighted by Crippen LogP contribution is -2.10. The van der Waals surface area contributed by atoms with Crippen LogP contribution in [0.15, 0.2) is 40.9 Å². The lowest BCUT2D eigenvalue weighted by Gasteiger charge is -2.06. The summed E-state index contributed by atoms with van der Waals surface area (Å²) in [6, 6.07) is 7.01. The molecule has 0 aromatic heterocycles. The number of nitro benzene ring substituents is 2. The molecule has 0 unspecified atom stereocenters. The molecule has 0 aliphatic carbocycles. The van der Waals surface area contributed by atoms with Crippen LogP contribution in [0.25, 0.3) is 0 Å². The minimum atomic E-state index is -0.999. The molecule has 23 heavy (non-hydrogen) atoms. The maximum Gasteiger partial charge on any atom is 0.344 e. The van der Waals surface area contributed by atoms with Crippen molar-refractivity contribution < 1.29 is 19.4 Å². The smallest absolute Gasteiger partial charge is 0.344 e. The molecule has 0 atom stereocenters. The van der Waals surface area contributed by atoms with Crippen LogP contribution in [0.3, 0.4) is 0 Å². The van der Waals surface area contributed by atoms with Crippen LogP contribution in [0.4, 0.5) is 11.4 Å². The summed E-state index contributed by atoms with van der Waals surface area (Å²) in [5, 5.41) is 21.7. The summed E-state index contributed by atoms with van der Waals surface area (Å²) in [6.45, 7) is 0. The predicted molar refractivity (Wildman–Crippen MR) is 83.9 cm³/mol. The van der Waals surface area contributed by atoms with Crippen LogP contribution in [-0.4, -0.2) is 15.8 Å². The first-order valence-corrected chi connectivity index (χ1v) is 7.06. The Morgan fingerprint density at radius 2 is 1.61 bits per heavy atom. The largest absolute Gasteiger partial charge is 0.421 e. The van der Waals surface area contributed by atoms with E-state index in [9.17, 15) is 25.0 Å². The van der Waals surface area contributed by atoms with Gasteiger partial charge in [0.05, 0.1) is 26.5 Å². The lowest BCUT2D eigenvalue weighted by molar-refractivity contribution is -0.394. The van der Waals surface area contributed by atoms with E-state index in [1.807, 2.05) is 0 Å². The number of hydrogen-bond donors (Lipinski definition) is 0. The highest BCUT2D eigenvalue weighted by Gasteiger charge is 2.21. The van der Waals surface area contributed by atoms with Crippen molar-refractivity contribution in [2.45, 2.75) is 0 Å². The Bertz CT molecular complexity index is 794. The standard InChI is InChI=1S/C13H6BrClN2O6/c14-8-1-2-12(11(15)5-8)23-13(18)7-3-9(16(19)20)6-10(4-7)17(21)22/h1-6H. The fourth-order valence-electron chi connectivity index (χ4n) is 1.64. The number of benzene rings is 2. The molecule has 0 saturated carbocycles. The van der Waals surface area contributed by atoms with Crippen molar-refractivity contribution >= 4 is 44.9 Å². The number of nitro groups is 2. The lowest BCUT2D eigenvalue weighted by atomic mass is 10.2. The molecular weight excluding hydrogens is 396 g/mol. The van der Waals surface area contributed by atoms with Crippen molar-refractivity contribution in [3.8, 4) is 5.75 Å². The van der Waals surface area contributed by atoms with Crippen molar-refractivity contribution in [3.05, 3.63) is 71.7 Å². The van der Waals surface area contributed by atoms with Gasteiger partial charge < -0.3 is 4.74 Å². The zero-order valence-electron chi connectivity index (χ0n) is 11.1. The Balaban J connectivity index is 2.38. The molecule has 0 N–H and O–H groups in total. The van der Waals surface area contributed by atoms with Crippen molar-refractivity contribution in [1.82, 2.24) is 0 Å². The first-order valence-electron chi connectivity index (χ1n) is 5.89. The first kappa shape index (κ1) is 16.8. The molecular formula is C13H6BrClN2O6. The third kappa shape index (κ3) is 4.02. The highest BCUT2D eigenvalue weighted by molar-refractivity contribution is 9.10. The van der Waals surface area contributed by atoms with E-state index in [0.29, 0.717) is 4.47 Å². The van der Waals surface area contributed by atoms with Gasteiger partial charge in [-0.05, 0) is 18.2 Å². The molecule has 0 aliphatic rings. The first-order chi connectivity index (χ1) is 10.8. The van der Waals surface area contributed by atoms with Gasteiger partial charge in [0.15, 0.2) is 0 Å². The Morgan fingerprint density at radius 3 is 2.09 bits per heavy atom. The number of esters is 1. The highest BCUT2D eigenvalue weighted by Crippen LogP contribution is 2.29. The fourth-order valence-corrected chi connectivity index (χ4v) is 2.35. The number of non-ortho nitro benzene ring substituents is 2. The number of carbonyl (C=O) groups excluding carboxylic acids is 1. The Hall–Kier alpha value is -2.52. The molecule has 0 saturated heterocycles. The van der Waals surface area contributed by atoms with Crippen LogP contribution in [0.2, 0.25) is 5.02 Å². The highest BCUT2D eigenvalue weighted by atomic mass is 79.9. The Kier molecular flexibility index (Phi) is 4.92. The van der Waals surface area contributed by atoms with Crippen LogP contribution in [0, 0.1) is 20.2 Å². The molecule has 0 fully saturated rings. The van der Waals surface area contributed by atoms with Crippen molar-refractivity contribution in [2.24, 2.45) is 0 Å². The van der Waals surface area contributed by atoms with Gasteiger partial charge in [0.1, 0.15) is 5.75 Å². The van der Waals surface area contributed by atoms with Crippen LogP contribution < -0.4 is 4.74 Å². The summed E-state index contributed by atoms with van der Waals surface area (Å²) < 4.78 is 5.68. The summed E-state index contributed by atoms with van der Waals surface area (Å²) in [4.78, 5) is 32.0. The third-order valence-corrected chi connectivity index (χ3v) is 3.45. The molecule has 2 aromatic carbocycles. The Morgan fingerprint density at radius 1 is 1.04 bits per heavy atom. The molecule has 0 bridgehead atoms. The summed E-state index contributed by atoms with van der Waals surface area (Å²) in [7, 11) is 0. The summed E-state index contributed by atoms with van der Waals surface area (Å²) in [5.74, 6) is -0.977. The van der Waals surface area contributed by atoms with Crippen LogP contribution >= 0.6 is 27.5 Å². The van der Waals surface area contributed by atoms with E-state index < -0.39 is 27.2 Å². The number of ether oxygens (including phenoxy) is 1. The number of hydrogen-bond acceptors (Lipinski definition) is 6. The Labute approximate surface area is 142 Å². The van der Waals surface area contributed by atoms with Crippen LogP contribution in [0.1, 0.15) is 10.4 Å². The number of carbonyl (C=O) groups is 1. The second-order valence-electron chi connectivity index (χ2n) is 4.22. The maximum absolute atomic E-state index is 12.1. The SMILES string of the molecule is O=C(Oc1ccc(Br)cc1Cl)c1cc([N+](=O)[O-])cc([N+](=O)[O-])c1. The van der Waals surface area contributed by atoms with Crippen LogP contribution in [-0.2, 0) is 0 Å². The van der Waals surface area contributed by atoms with Crippen molar-refractivity contribution in [1.29, 1.82) is 0 Å². The van der Waals surface area contributed by atoms with Gasteiger partial charge >= 0.3 is 5.97 Å². The molecule has 0 spiro atoms. The fraction of sp³-hybridized carbons (Fsp3) is 0. The van der Waals surface area contributed by atoms with Crippen molar-refractivity contribution in [2.75, 3.05) is 0 Å². The molecule has 0 radical (unpaired) electrons. The van der Waals surface area contributed by atoms with Gasteiger partial charge in [0, 0.05) is 16.6 Å². The molecule has 0 aliphatic heterocycles. The average Bonchev–Trinajstić information content (AvgIpc) is 2.49. The van der Waals surface area contributed by atoms with Crippen molar-refractivity contribution in [3.63, 3.8) is 0 Å². The predicted octanol–water partition coefficient (Wildman–Crippen LogP) is 4.14. The van der Waals surface area contributed by atoms with E-state index in [2.05, 4.69) is 15.9 Å². The minimum absolute atomic E-state index is 0.0222. The summed E-state index contributed by atoms with van der Waals surface area (Å²) in [5.41, 5.74) is -1.51. The second-order valence-corrected chi connectivity index (χ2v) is 5.54. The molecule has 0 heterocycles. The van der Waals surface area contributed by atoms with Gasteiger partial charge in [-0.15, -0.1) is 0 Å². The monoisotopic (exact) mass is 400 g/mol. The molecule has 0 amide bonds. The van der Waals surface area contributed by atoms with Crippen LogP contribution in [0.5, 0.6) is 5.75 Å². The number of rotatable bonds is 4. The average molecular weight is 402 g/mol. The van der Waals surface area contributed by atoms with E-state index in [1.165, 1.54) is 12.1 Å². The zero-order valence-corrected chi connectivity index (χ0v) is 13.4. The minimum Gasteiger partial charge on any atom is -0.421 e. The molecule has 2 rings (SSSR count). The maximum atomic E-state index is 12.1. The van der Waals surface area contributed by atoms with Gasteiger partial charge in [0.25, 0.3) is 11.4 Å². The van der Waals surface area contributed by atoms with E-state index in [-0.39, 0.29) is 16.3 Å². The van der Waals surface area contributed by atoms with E-state index in [0.717, 1.165) is 18.2 Å². The normalized spacial score (nSPS) is 10.2. The summed E-state index contributed by atoms with van der Waals surface area (Å²) >= 11 is 9.08. The van der Waals surface area contributed by atoms with E-state index in [4.69, 9.17) is 16.3 Å². The number of nitrogens with zero attached hydrogens (tertiary/aromatic N) is 2. The number of halogens is 2. The van der Waals surface area contributed by atoms with Gasteiger partial charge in [-0.3, -0.25) is 20.2 Å². The molecule has 10 heteroatoms. The third-order valence-electron chi connectivity index (χ3n) is 2.66. The van der Waals surface area contributed by atoms with Gasteiger partial charge in [0.2, 0.25) is 0 Å².